The van der Waals surface area contributed by atoms with Crippen LogP contribution in [0.2, 0.25) is 0 Å². The quantitative estimate of drug-likeness (QED) is 0.703. The summed E-state index contributed by atoms with van der Waals surface area (Å²) in [6.07, 6.45) is 3.23. The molecule has 0 radical (unpaired) electrons. The van der Waals surface area contributed by atoms with Crippen molar-refractivity contribution in [1.29, 1.82) is 0 Å². The summed E-state index contributed by atoms with van der Waals surface area (Å²) in [5.41, 5.74) is 2.68. The first kappa shape index (κ1) is 16.5. The molecule has 1 aromatic heterocycles. The highest BCUT2D eigenvalue weighted by Gasteiger charge is 2.24. The predicted molar refractivity (Wildman–Crippen MR) is 82.7 cm³/mol. The Morgan fingerprint density at radius 3 is 2.42 bits per heavy atom. The average Bonchev–Trinajstić information content (AvgIpc) is 2.86. The predicted octanol–water partition coefficient (Wildman–Crippen LogP) is 3.60. The maximum absolute atomic E-state index is 6.13. The molecule has 1 heterocycles. The molecule has 1 N–H and O–H groups in total. The van der Waals surface area contributed by atoms with Crippen LogP contribution < -0.4 is 5.32 Å². The monoisotopic (exact) mass is 285 g/mol. The van der Waals surface area contributed by atoms with Gasteiger partial charge in [-0.3, -0.25) is 4.68 Å². The molecule has 0 aliphatic carbocycles. The number of hydrogen-bond acceptors (Lipinski definition) is 2. The molecule has 0 saturated carbocycles. The van der Waals surface area contributed by atoms with E-state index in [1.165, 1.54) is 11.4 Å². The van der Waals surface area contributed by atoms with E-state index in [4.69, 9.17) is 11.6 Å². The molecule has 0 unspecified atom stereocenters. The van der Waals surface area contributed by atoms with Crippen LogP contribution in [0.3, 0.4) is 0 Å². The number of aryl methyl sites for hydroxylation is 2. The van der Waals surface area contributed by atoms with E-state index in [-0.39, 0.29) is 5.41 Å². The van der Waals surface area contributed by atoms with Gasteiger partial charge in [-0.2, -0.15) is 5.10 Å². The Hall–Kier alpha value is -0.540. The molecule has 1 rings (SSSR count). The lowest BCUT2D eigenvalue weighted by molar-refractivity contribution is 0.285. The number of halogens is 1. The lowest BCUT2D eigenvalue weighted by Crippen LogP contribution is -2.35. The zero-order valence-corrected chi connectivity index (χ0v) is 13.6. The summed E-state index contributed by atoms with van der Waals surface area (Å²) in [5, 5.41) is 8.14. The van der Waals surface area contributed by atoms with Crippen LogP contribution >= 0.6 is 11.6 Å². The number of hydrogen-bond donors (Lipinski definition) is 1. The van der Waals surface area contributed by atoms with Crippen molar-refractivity contribution in [1.82, 2.24) is 15.1 Å². The van der Waals surface area contributed by atoms with Crippen molar-refractivity contribution in [3.8, 4) is 0 Å². The Morgan fingerprint density at radius 2 is 1.95 bits per heavy atom. The Morgan fingerprint density at radius 1 is 1.26 bits per heavy atom. The van der Waals surface area contributed by atoms with Crippen molar-refractivity contribution in [2.75, 3.05) is 12.4 Å². The molecule has 0 aliphatic rings. The van der Waals surface area contributed by atoms with Crippen molar-refractivity contribution in [3.63, 3.8) is 0 Å². The Labute approximate surface area is 122 Å². The van der Waals surface area contributed by atoms with Crippen LogP contribution in [0, 0.1) is 5.41 Å². The van der Waals surface area contributed by atoms with Crippen molar-refractivity contribution < 1.29 is 0 Å². The van der Waals surface area contributed by atoms with Crippen molar-refractivity contribution >= 4 is 11.6 Å². The third-order valence-electron chi connectivity index (χ3n) is 4.17. The second kappa shape index (κ2) is 7.91. The molecule has 0 aromatic carbocycles. The number of nitrogens with one attached hydrogen (secondary N) is 1. The molecule has 0 spiro atoms. The molecule has 0 fully saturated rings. The van der Waals surface area contributed by atoms with Crippen LogP contribution in [0.5, 0.6) is 0 Å². The summed E-state index contributed by atoms with van der Waals surface area (Å²) >= 11 is 6.13. The smallest absolute Gasteiger partial charge is 0.0625 e. The van der Waals surface area contributed by atoms with Gasteiger partial charge in [0, 0.05) is 25.5 Å². The van der Waals surface area contributed by atoms with E-state index in [1.807, 2.05) is 0 Å². The number of alkyl halides is 1. The lowest BCUT2D eigenvalue weighted by atomic mass is 9.84. The lowest BCUT2D eigenvalue weighted by Gasteiger charge is -2.29. The van der Waals surface area contributed by atoms with Crippen molar-refractivity contribution in [2.45, 2.75) is 60.0 Å². The van der Waals surface area contributed by atoms with Gasteiger partial charge in [-0.25, -0.2) is 0 Å². The fraction of sp³-hybridized carbons (Fsp3) is 0.800. The highest BCUT2D eigenvalue weighted by Crippen LogP contribution is 2.27. The Bertz CT molecular complexity index is 361. The first-order valence-electron chi connectivity index (χ1n) is 7.46. The van der Waals surface area contributed by atoms with Crippen LogP contribution in [-0.4, -0.2) is 22.2 Å². The van der Waals surface area contributed by atoms with Gasteiger partial charge in [-0.15, -0.1) is 11.6 Å². The molecular weight excluding hydrogens is 258 g/mol. The van der Waals surface area contributed by atoms with E-state index in [0.29, 0.717) is 0 Å². The van der Waals surface area contributed by atoms with E-state index < -0.39 is 0 Å². The molecule has 3 nitrogen and oxygen atoms in total. The van der Waals surface area contributed by atoms with Crippen LogP contribution in [0.1, 0.15) is 51.9 Å². The molecule has 0 amide bonds. The maximum atomic E-state index is 6.13. The van der Waals surface area contributed by atoms with E-state index in [1.54, 1.807) is 0 Å². The van der Waals surface area contributed by atoms with Gasteiger partial charge in [0.25, 0.3) is 0 Å². The van der Waals surface area contributed by atoms with Crippen LogP contribution in [0.4, 0.5) is 0 Å². The zero-order valence-electron chi connectivity index (χ0n) is 12.8. The highest BCUT2D eigenvalue weighted by molar-refractivity contribution is 6.18. The summed E-state index contributed by atoms with van der Waals surface area (Å²) in [7, 11) is 0. The van der Waals surface area contributed by atoms with E-state index >= 15 is 0 Å². The molecular formula is C15H28ClN3. The summed E-state index contributed by atoms with van der Waals surface area (Å²) in [6, 6.07) is 2.21. The molecule has 0 saturated heterocycles. The topological polar surface area (TPSA) is 29.9 Å². The second-order valence-corrected chi connectivity index (χ2v) is 5.51. The summed E-state index contributed by atoms with van der Waals surface area (Å²) in [6.45, 7) is 11.5. The third kappa shape index (κ3) is 4.22. The molecule has 4 heteroatoms. The van der Waals surface area contributed by atoms with Crippen LogP contribution in [-0.2, 0) is 19.5 Å². The molecule has 0 atom stereocenters. The SMILES string of the molecule is CCc1cc(CNCC(CC)(CC)CCl)n(CC)n1. The highest BCUT2D eigenvalue weighted by atomic mass is 35.5. The number of nitrogens with zero attached hydrogens (tertiary/aromatic N) is 2. The van der Waals surface area contributed by atoms with Gasteiger partial charge in [-0.1, -0.05) is 20.8 Å². The molecule has 0 aliphatic heterocycles. The van der Waals surface area contributed by atoms with Gasteiger partial charge in [0.1, 0.15) is 0 Å². The van der Waals surface area contributed by atoms with E-state index in [2.05, 4.69) is 48.9 Å². The van der Waals surface area contributed by atoms with Crippen LogP contribution in [0.25, 0.3) is 0 Å². The minimum atomic E-state index is 0.228. The van der Waals surface area contributed by atoms with E-state index in [9.17, 15) is 0 Å². The average molecular weight is 286 g/mol. The summed E-state index contributed by atoms with van der Waals surface area (Å²) < 4.78 is 2.09. The Balaban J connectivity index is 2.59. The molecule has 0 bridgehead atoms. The second-order valence-electron chi connectivity index (χ2n) is 5.24. The normalized spacial score (nSPS) is 12.1. The van der Waals surface area contributed by atoms with Gasteiger partial charge in [0.15, 0.2) is 0 Å². The van der Waals surface area contributed by atoms with E-state index in [0.717, 1.165) is 44.8 Å². The first-order chi connectivity index (χ1) is 9.14. The largest absolute Gasteiger partial charge is 0.311 e. The van der Waals surface area contributed by atoms with Crippen LogP contribution in [0.15, 0.2) is 6.07 Å². The summed E-state index contributed by atoms with van der Waals surface area (Å²) in [4.78, 5) is 0. The van der Waals surface area contributed by atoms with Gasteiger partial charge < -0.3 is 5.32 Å². The van der Waals surface area contributed by atoms with Gasteiger partial charge in [-0.05, 0) is 37.7 Å². The van der Waals surface area contributed by atoms with Crippen molar-refractivity contribution in [2.24, 2.45) is 5.41 Å². The molecule has 1 aromatic rings. The zero-order chi connectivity index (χ0) is 14.3. The minimum Gasteiger partial charge on any atom is -0.311 e. The van der Waals surface area contributed by atoms with Crippen molar-refractivity contribution in [3.05, 3.63) is 17.5 Å². The minimum absolute atomic E-state index is 0.228. The fourth-order valence-electron chi connectivity index (χ4n) is 2.30. The summed E-state index contributed by atoms with van der Waals surface area (Å²) in [5.74, 6) is 0.722. The molecule has 110 valence electrons. The Kier molecular flexibility index (Phi) is 6.87. The third-order valence-corrected chi connectivity index (χ3v) is 4.73. The molecule has 19 heavy (non-hydrogen) atoms. The fourth-order valence-corrected chi connectivity index (χ4v) is 2.77. The van der Waals surface area contributed by atoms with Gasteiger partial charge >= 0.3 is 0 Å². The number of rotatable bonds is 9. The van der Waals surface area contributed by atoms with Gasteiger partial charge in [0.05, 0.1) is 11.4 Å². The van der Waals surface area contributed by atoms with Gasteiger partial charge in [0.2, 0.25) is 0 Å². The number of aromatic nitrogens is 2. The standard InChI is InChI=1S/C15H28ClN3/c1-5-13-9-14(19(8-4)18-13)10-17-12-15(6-2,7-3)11-16/h9,17H,5-8,10-12H2,1-4H3. The maximum Gasteiger partial charge on any atom is 0.0625 e. The first-order valence-corrected chi connectivity index (χ1v) is 8.00.